The van der Waals surface area contributed by atoms with Gasteiger partial charge in [-0.05, 0) is 11.8 Å². The lowest BCUT2D eigenvalue weighted by atomic mass is 10.1. The van der Waals surface area contributed by atoms with Crippen LogP contribution in [0, 0.1) is 5.92 Å². The predicted molar refractivity (Wildman–Crippen MR) is 55.6 cm³/mol. The molecule has 0 spiro atoms. The molecular formula is C10H19N3. The van der Waals surface area contributed by atoms with Crippen LogP contribution in [0.2, 0.25) is 0 Å². The highest BCUT2D eigenvalue weighted by molar-refractivity contribution is 5.42. The maximum Gasteiger partial charge on any atom is 0.0879 e. The number of hydrogen-bond donors (Lipinski definition) is 1. The summed E-state index contributed by atoms with van der Waals surface area (Å²) in [7, 11) is 0. The molecule has 0 atom stereocenters. The minimum Gasteiger partial charge on any atom is -0.396 e. The monoisotopic (exact) mass is 181 g/mol. The summed E-state index contributed by atoms with van der Waals surface area (Å²) in [6.07, 6.45) is 1.93. The summed E-state index contributed by atoms with van der Waals surface area (Å²) in [5.41, 5.74) is 7.66. The van der Waals surface area contributed by atoms with E-state index in [1.807, 2.05) is 10.9 Å². The topological polar surface area (TPSA) is 43.8 Å². The fourth-order valence-corrected chi connectivity index (χ4v) is 1.37. The van der Waals surface area contributed by atoms with Crippen molar-refractivity contribution in [2.24, 2.45) is 5.92 Å². The van der Waals surface area contributed by atoms with Crippen molar-refractivity contribution in [3.05, 3.63) is 11.9 Å². The van der Waals surface area contributed by atoms with Crippen LogP contribution in [0.4, 0.5) is 5.69 Å². The molecule has 3 heteroatoms. The number of rotatable bonds is 3. The Kier molecular flexibility index (Phi) is 2.96. The predicted octanol–water partition coefficient (Wildman–Crippen LogP) is 2.24. The van der Waals surface area contributed by atoms with E-state index in [0.717, 1.165) is 17.9 Å². The lowest BCUT2D eigenvalue weighted by Crippen LogP contribution is -2.05. The number of nitrogens with zero attached hydrogens (tertiary/aromatic N) is 2. The molecule has 0 aliphatic heterocycles. The van der Waals surface area contributed by atoms with Crippen molar-refractivity contribution < 1.29 is 0 Å². The van der Waals surface area contributed by atoms with Crippen LogP contribution >= 0.6 is 0 Å². The Morgan fingerprint density at radius 1 is 1.38 bits per heavy atom. The van der Waals surface area contributed by atoms with E-state index >= 15 is 0 Å². The molecule has 74 valence electrons. The van der Waals surface area contributed by atoms with Gasteiger partial charge in [0, 0.05) is 12.7 Å². The summed E-state index contributed by atoms with van der Waals surface area (Å²) >= 11 is 0. The third-order valence-corrected chi connectivity index (χ3v) is 1.92. The quantitative estimate of drug-likeness (QED) is 0.777. The molecule has 0 amide bonds. The number of nitrogens with two attached hydrogens (primary N) is 1. The van der Waals surface area contributed by atoms with E-state index in [0.29, 0.717) is 11.8 Å². The normalized spacial score (nSPS) is 11.5. The lowest BCUT2D eigenvalue weighted by Gasteiger charge is -2.04. The van der Waals surface area contributed by atoms with Gasteiger partial charge in [-0.15, -0.1) is 0 Å². The number of aromatic nitrogens is 2. The minimum atomic E-state index is 0.411. The molecule has 0 bridgehead atoms. The summed E-state index contributed by atoms with van der Waals surface area (Å²) in [6.45, 7) is 9.51. The highest BCUT2D eigenvalue weighted by Crippen LogP contribution is 2.19. The fourth-order valence-electron chi connectivity index (χ4n) is 1.37. The van der Waals surface area contributed by atoms with Gasteiger partial charge in [-0.2, -0.15) is 5.10 Å². The first-order chi connectivity index (χ1) is 6.00. The smallest absolute Gasteiger partial charge is 0.0879 e. The van der Waals surface area contributed by atoms with E-state index in [9.17, 15) is 0 Å². The third kappa shape index (κ3) is 2.47. The molecule has 1 aromatic rings. The maximum absolute atomic E-state index is 5.83. The molecule has 0 radical (unpaired) electrons. The van der Waals surface area contributed by atoms with Crippen LogP contribution in [0.1, 0.15) is 39.3 Å². The van der Waals surface area contributed by atoms with Crippen molar-refractivity contribution in [1.82, 2.24) is 9.78 Å². The Balaban J connectivity index is 2.82. The summed E-state index contributed by atoms with van der Waals surface area (Å²) < 4.78 is 1.94. The van der Waals surface area contributed by atoms with Gasteiger partial charge in [-0.25, -0.2) is 0 Å². The van der Waals surface area contributed by atoms with E-state index in [1.165, 1.54) is 0 Å². The van der Waals surface area contributed by atoms with Gasteiger partial charge in [-0.1, -0.05) is 27.7 Å². The van der Waals surface area contributed by atoms with E-state index in [2.05, 4.69) is 32.8 Å². The molecule has 0 aromatic carbocycles. The summed E-state index contributed by atoms with van der Waals surface area (Å²) in [5, 5.41) is 4.44. The van der Waals surface area contributed by atoms with Gasteiger partial charge in [0.05, 0.1) is 11.4 Å². The van der Waals surface area contributed by atoms with Crippen molar-refractivity contribution in [3.63, 3.8) is 0 Å². The summed E-state index contributed by atoms with van der Waals surface area (Å²) in [5.74, 6) is 1.02. The van der Waals surface area contributed by atoms with Crippen LogP contribution in [0.5, 0.6) is 0 Å². The zero-order chi connectivity index (χ0) is 10.0. The van der Waals surface area contributed by atoms with Crippen LogP contribution in [0.3, 0.4) is 0 Å². The van der Waals surface area contributed by atoms with Gasteiger partial charge in [0.1, 0.15) is 0 Å². The number of hydrogen-bond acceptors (Lipinski definition) is 2. The Morgan fingerprint density at radius 3 is 2.38 bits per heavy atom. The molecule has 0 fully saturated rings. The lowest BCUT2D eigenvalue weighted by molar-refractivity contribution is 0.478. The van der Waals surface area contributed by atoms with E-state index in [-0.39, 0.29) is 0 Å². The van der Waals surface area contributed by atoms with Crippen LogP contribution in [-0.2, 0) is 6.54 Å². The van der Waals surface area contributed by atoms with Crippen LogP contribution in [0.15, 0.2) is 6.20 Å². The zero-order valence-electron chi connectivity index (χ0n) is 8.91. The SMILES string of the molecule is CC(C)Cn1cc(N)c(C(C)C)n1. The van der Waals surface area contributed by atoms with Crippen molar-refractivity contribution in [1.29, 1.82) is 0 Å². The molecule has 1 heterocycles. The zero-order valence-corrected chi connectivity index (χ0v) is 8.91. The second kappa shape index (κ2) is 3.81. The first kappa shape index (κ1) is 10.1. The van der Waals surface area contributed by atoms with Crippen molar-refractivity contribution in [3.8, 4) is 0 Å². The molecule has 0 aliphatic rings. The number of nitrogen functional groups attached to an aromatic ring is 1. The second-order valence-electron chi connectivity index (χ2n) is 4.24. The van der Waals surface area contributed by atoms with E-state index < -0.39 is 0 Å². The van der Waals surface area contributed by atoms with Gasteiger partial charge in [-0.3, -0.25) is 4.68 Å². The van der Waals surface area contributed by atoms with Crippen LogP contribution < -0.4 is 5.73 Å². The Morgan fingerprint density at radius 2 is 2.00 bits per heavy atom. The Hall–Kier alpha value is -0.990. The largest absolute Gasteiger partial charge is 0.396 e. The molecule has 1 rings (SSSR count). The highest BCUT2D eigenvalue weighted by Gasteiger charge is 2.09. The molecule has 0 aliphatic carbocycles. The fraction of sp³-hybridized carbons (Fsp3) is 0.700. The van der Waals surface area contributed by atoms with Crippen LogP contribution in [0.25, 0.3) is 0 Å². The molecule has 13 heavy (non-hydrogen) atoms. The van der Waals surface area contributed by atoms with Gasteiger partial charge in [0.2, 0.25) is 0 Å². The molecule has 2 N–H and O–H groups in total. The number of anilines is 1. The van der Waals surface area contributed by atoms with Gasteiger partial charge < -0.3 is 5.73 Å². The second-order valence-corrected chi connectivity index (χ2v) is 4.24. The molecule has 0 saturated heterocycles. The first-order valence-corrected chi connectivity index (χ1v) is 4.83. The molecule has 1 aromatic heterocycles. The Labute approximate surface area is 79.9 Å². The highest BCUT2D eigenvalue weighted by atomic mass is 15.3. The van der Waals surface area contributed by atoms with Gasteiger partial charge in [0.15, 0.2) is 0 Å². The molecule has 0 unspecified atom stereocenters. The minimum absolute atomic E-state index is 0.411. The first-order valence-electron chi connectivity index (χ1n) is 4.83. The third-order valence-electron chi connectivity index (χ3n) is 1.92. The van der Waals surface area contributed by atoms with E-state index in [4.69, 9.17) is 5.73 Å². The Bertz CT molecular complexity index is 274. The average Bonchev–Trinajstić information content (AvgIpc) is 2.29. The standard InChI is InChI=1S/C10H19N3/c1-7(2)5-13-6-9(11)10(12-13)8(3)4/h6-8H,5,11H2,1-4H3. The van der Waals surface area contributed by atoms with Crippen molar-refractivity contribution >= 4 is 5.69 Å². The summed E-state index contributed by atoms with van der Waals surface area (Å²) in [6, 6.07) is 0. The van der Waals surface area contributed by atoms with E-state index in [1.54, 1.807) is 0 Å². The average molecular weight is 181 g/mol. The van der Waals surface area contributed by atoms with Gasteiger partial charge >= 0.3 is 0 Å². The van der Waals surface area contributed by atoms with Crippen molar-refractivity contribution in [2.45, 2.75) is 40.2 Å². The summed E-state index contributed by atoms with van der Waals surface area (Å²) in [4.78, 5) is 0. The van der Waals surface area contributed by atoms with Crippen molar-refractivity contribution in [2.75, 3.05) is 5.73 Å². The molecular weight excluding hydrogens is 162 g/mol. The molecule has 3 nitrogen and oxygen atoms in total. The van der Waals surface area contributed by atoms with Gasteiger partial charge in [0.25, 0.3) is 0 Å². The maximum atomic E-state index is 5.83. The van der Waals surface area contributed by atoms with Crippen LogP contribution in [-0.4, -0.2) is 9.78 Å². The molecule has 0 saturated carbocycles.